The van der Waals surface area contributed by atoms with E-state index in [0.717, 1.165) is 11.3 Å². The molecule has 5 nitrogen and oxygen atoms in total. The van der Waals surface area contributed by atoms with Crippen LogP contribution < -0.4 is 10.1 Å². The van der Waals surface area contributed by atoms with Gasteiger partial charge in [0.15, 0.2) is 0 Å². The van der Waals surface area contributed by atoms with Gasteiger partial charge in [0.2, 0.25) is 0 Å². The lowest BCUT2D eigenvalue weighted by molar-refractivity contribution is -0.140. The predicted octanol–water partition coefficient (Wildman–Crippen LogP) is 2.21. The average molecular weight is 295 g/mol. The van der Waals surface area contributed by atoms with E-state index in [9.17, 15) is 9.90 Å². The van der Waals surface area contributed by atoms with Crippen LogP contribution in [0, 0.1) is 5.92 Å². The summed E-state index contributed by atoms with van der Waals surface area (Å²) in [6.45, 7) is 6.69. The Bertz CT molecular complexity index is 430. The molecule has 0 aliphatic heterocycles. The minimum atomic E-state index is -0.861. The molecule has 3 N–H and O–H groups in total. The summed E-state index contributed by atoms with van der Waals surface area (Å²) in [5.74, 6) is -0.0806. The van der Waals surface area contributed by atoms with Gasteiger partial charge in [0.25, 0.3) is 0 Å². The topological polar surface area (TPSA) is 78.8 Å². The molecule has 1 rings (SSSR count). The lowest BCUT2D eigenvalue weighted by Crippen LogP contribution is -2.41. The Balaban J connectivity index is 2.46. The van der Waals surface area contributed by atoms with Crippen molar-refractivity contribution in [1.29, 1.82) is 0 Å². The summed E-state index contributed by atoms with van der Waals surface area (Å²) in [6.07, 6.45) is -0.153. The van der Waals surface area contributed by atoms with E-state index in [1.807, 2.05) is 45.0 Å². The third-order valence-electron chi connectivity index (χ3n) is 3.29. The first-order valence-electron chi connectivity index (χ1n) is 7.32. The number of carboxylic acids is 1. The molecular formula is C16H25NO4. The van der Waals surface area contributed by atoms with Gasteiger partial charge in [-0.1, -0.05) is 26.0 Å². The zero-order valence-corrected chi connectivity index (χ0v) is 12.9. The van der Waals surface area contributed by atoms with Crippen molar-refractivity contribution in [3.63, 3.8) is 0 Å². The molecule has 0 aromatic heterocycles. The minimum absolute atomic E-state index is 0.00474. The summed E-state index contributed by atoms with van der Waals surface area (Å²) < 4.78 is 5.35. The molecule has 0 saturated heterocycles. The number of nitrogens with one attached hydrogen (secondary N) is 1. The second-order valence-corrected chi connectivity index (χ2v) is 5.32. The minimum Gasteiger partial charge on any atom is -0.494 e. The fraction of sp³-hybridized carbons (Fsp3) is 0.562. The fourth-order valence-corrected chi connectivity index (χ4v) is 2.10. The number of hydrogen-bond acceptors (Lipinski definition) is 4. The number of aliphatic hydroxyl groups excluding tert-OH is 1. The summed E-state index contributed by atoms with van der Waals surface area (Å²) in [4.78, 5) is 11.0. The van der Waals surface area contributed by atoms with Gasteiger partial charge in [-0.2, -0.15) is 0 Å². The van der Waals surface area contributed by atoms with Crippen LogP contribution in [0.3, 0.4) is 0 Å². The van der Waals surface area contributed by atoms with Crippen LogP contribution in [0.25, 0.3) is 0 Å². The number of benzene rings is 1. The number of carboxylic acid groups (broad SMARTS) is 1. The van der Waals surface area contributed by atoms with Crippen molar-refractivity contribution >= 4 is 5.97 Å². The molecule has 2 atom stereocenters. The van der Waals surface area contributed by atoms with Gasteiger partial charge in [-0.15, -0.1) is 0 Å². The third kappa shape index (κ3) is 5.73. The van der Waals surface area contributed by atoms with Gasteiger partial charge in [-0.25, -0.2) is 0 Å². The molecular weight excluding hydrogens is 270 g/mol. The van der Waals surface area contributed by atoms with Crippen LogP contribution in [0.5, 0.6) is 5.75 Å². The Morgan fingerprint density at radius 3 is 2.38 bits per heavy atom. The standard InChI is InChI=1S/C16H25NO4/c1-4-21-13-7-5-12(6-8-13)14(18)9-10-17-15(11(2)3)16(19)20/h5-8,11,14-15,17-18H,4,9-10H2,1-3H3,(H,19,20)/t14?,15-/m0/s1. The number of hydrogen-bond donors (Lipinski definition) is 3. The van der Waals surface area contributed by atoms with Gasteiger partial charge in [-0.3, -0.25) is 4.79 Å². The maximum atomic E-state index is 11.0. The lowest BCUT2D eigenvalue weighted by atomic mass is 10.0. The van der Waals surface area contributed by atoms with E-state index in [4.69, 9.17) is 9.84 Å². The largest absolute Gasteiger partial charge is 0.494 e. The second-order valence-electron chi connectivity index (χ2n) is 5.32. The van der Waals surface area contributed by atoms with E-state index in [1.165, 1.54) is 0 Å². The van der Waals surface area contributed by atoms with Crippen LogP contribution in [-0.4, -0.2) is 35.4 Å². The molecule has 1 aromatic rings. The Labute approximate surface area is 125 Å². The lowest BCUT2D eigenvalue weighted by Gasteiger charge is -2.19. The highest BCUT2D eigenvalue weighted by atomic mass is 16.5. The summed E-state index contributed by atoms with van der Waals surface area (Å²) in [5.41, 5.74) is 0.802. The molecule has 5 heteroatoms. The van der Waals surface area contributed by atoms with E-state index >= 15 is 0 Å². The normalized spacial score (nSPS) is 14.0. The summed E-state index contributed by atoms with van der Waals surface area (Å²) in [6, 6.07) is 6.71. The third-order valence-corrected chi connectivity index (χ3v) is 3.29. The maximum absolute atomic E-state index is 11.0. The zero-order valence-electron chi connectivity index (χ0n) is 12.9. The molecule has 21 heavy (non-hydrogen) atoms. The van der Waals surface area contributed by atoms with Crippen molar-refractivity contribution in [3.05, 3.63) is 29.8 Å². The molecule has 0 radical (unpaired) electrons. The number of carbonyl (C=O) groups is 1. The van der Waals surface area contributed by atoms with E-state index in [-0.39, 0.29) is 5.92 Å². The van der Waals surface area contributed by atoms with Crippen molar-refractivity contribution in [2.45, 2.75) is 39.3 Å². The average Bonchev–Trinajstić information content (AvgIpc) is 2.43. The van der Waals surface area contributed by atoms with Crippen LogP contribution in [-0.2, 0) is 4.79 Å². The van der Waals surface area contributed by atoms with Crippen molar-refractivity contribution in [2.75, 3.05) is 13.2 Å². The Morgan fingerprint density at radius 2 is 1.90 bits per heavy atom. The molecule has 0 aliphatic rings. The van der Waals surface area contributed by atoms with Gasteiger partial charge in [0, 0.05) is 0 Å². The SMILES string of the molecule is CCOc1ccc(C(O)CCN[C@H](C(=O)O)C(C)C)cc1. The van der Waals surface area contributed by atoms with E-state index in [1.54, 1.807) is 0 Å². The highest BCUT2D eigenvalue weighted by Crippen LogP contribution is 2.20. The molecule has 0 spiro atoms. The Morgan fingerprint density at radius 1 is 1.29 bits per heavy atom. The molecule has 0 fully saturated rings. The molecule has 0 amide bonds. The summed E-state index contributed by atoms with van der Waals surface area (Å²) in [7, 11) is 0. The maximum Gasteiger partial charge on any atom is 0.320 e. The molecule has 1 aromatic carbocycles. The Hall–Kier alpha value is -1.59. The number of ether oxygens (including phenoxy) is 1. The quantitative estimate of drug-likeness (QED) is 0.651. The van der Waals surface area contributed by atoms with Gasteiger partial charge in [0.1, 0.15) is 11.8 Å². The van der Waals surface area contributed by atoms with Gasteiger partial charge in [0.05, 0.1) is 12.7 Å². The summed E-state index contributed by atoms with van der Waals surface area (Å²) >= 11 is 0. The zero-order chi connectivity index (χ0) is 15.8. The molecule has 0 aliphatic carbocycles. The number of rotatable bonds is 9. The summed E-state index contributed by atoms with van der Waals surface area (Å²) in [5, 5.41) is 22.1. The van der Waals surface area contributed by atoms with Crippen LogP contribution in [0.4, 0.5) is 0 Å². The van der Waals surface area contributed by atoms with Gasteiger partial charge < -0.3 is 20.3 Å². The van der Waals surface area contributed by atoms with Crippen molar-refractivity contribution in [1.82, 2.24) is 5.32 Å². The molecule has 0 heterocycles. The number of aliphatic hydroxyl groups is 1. The van der Waals surface area contributed by atoms with Crippen molar-refractivity contribution in [2.24, 2.45) is 5.92 Å². The first-order chi connectivity index (χ1) is 9.95. The predicted molar refractivity (Wildman–Crippen MR) is 81.5 cm³/mol. The monoisotopic (exact) mass is 295 g/mol. The second kappa shape index (κ2) is 8.64. The van der Waals surface area contributed by atoms with Crippen LogP contribution in [0.15, 0.2) is 24.3 Å². The van der Waals surface area contributed by atoms with Crippen molar-refractivity contribution < 1.29 is 19.7 Å². The number of aliphatic carboxylic acids is 1. The Kier molecular flexibility index (Phi) is 7.19. The van der Waals surface area contributed by atoms with E-state index < -0.39 is 18.1 Å². The first kappa shape index (κ1) is 17.5. The first-order valence-corrected chi connectivity index (χ1v) is 7.32. The molecule has 0 bridgehead atoms. The van der Waals surface area contributed by atoms with Crippen LogP contribution >= 0.6 is 0 Å². The smallest absolute Gasteiger partial charge is 0.320 e. The van der Waals surface area contributed by atoms with Gasteiger partial charge >= 0.3 is 5.97 Å². The van der Waals surface area contributed by atoms with Crippen LogP contribution in [0.1, 0.15) is 38.9 Å². The van der Waals surface area contributed by atoms with Gasteiger partial charge in [-0.05, 0) is 43.5 Å². The molecule has 0 saturated carbocycles. The van der Waals surface area contributed by atoms with E-state index in [2.05, 4.69) is 5.32 Å². The molecule has 1 unspecified atom stereocenters. The van der Waals surface area contributed by atoms with Crippen molar-refractivity contribution in [3.8, 4) is 5.75 Å². The van der Waals surface area contributed by atoms with Crippen LogP contribution in [0.2, 0.25) is 0 Å². The fourth-order valence-electron chi connectivity index (χ4n) is 2.10. The highest BCUT2D eigenvalue weighted by molar-refractivity contribution is 5.73. The molecule has 118 valence electrons. The van der Waals surface area contributed by atoms with E-state index in [0.29, 0.717) is 19.6 Å². The highest BCUT2D eigenvalue weighted by Gasteiger charge is 2.20.